The molecular weight excluding hydrogens is 273 g/mol. The van der Waals surface area contributed by atoms with Crippen LogP contribution in [0.2, 0.25) is 0 Å². The van der Waals surface area contributed by atoms with Gasteiger partial charge in [0.05, 0.1) is 5.56 Å². The lowest BCUT2D eigenvalue weighted by molar-refractivity contribution is 0.381. The van der Waals surface area contributed by atoms with Crippen molar-refractivity contribution in [1.82, 2.24) is 15.0 Å². The minimum atomic E-state index is -2.28. The lowest BCUT2D eigenvalue weighted by atomic mass is 10.1. The molecule has 0 saturated carbocycles. The van der Waals surface area contributed by atoms with Gasteiger partial charge in [-0.05, 0) is 0 Å². The quantitative estimate of drug-likeness (QED) is 0.467. The van der Waals surface area contributed by atoms with Crippen molar-refractivity contribution >= 4 is 11.9 Å². The van der Waals surface area contributed by atoms with E-state index >= 15 is 0 Å². The summed E-state index contributed by atoms with van der Waals surface area (Å²) in [4.78, 5) is 9.86. The minimum Gasteiger partial charge on any atom is -0.368 e. The van der Waals surface area contributed by atoms with Crippen LogP contribution in [0.4, 0.5) is 33.8 Å². The van der Waals surface area contributed by atoms with Gasteiger partial charge in [-0.25, -0.2) is 22.0 Å². The maximum absolute atomic E-state index is 13.4. The highest BCUT2D eigenvalue weighted by atomic mass is 19.2. The lowest BCUT2D eigenvalue weighted by Gasteiger charge is -2.07. The summed E-state index contributed by atoms with van der Waals surface area (Å²) in [7, 11) is 0. The van der Waals surface area contributed by atoms with Crippen LogP contribution < -0.4 is 11.5 Å². The molecular formula is C9H4F5N5. The average molecular weight is 277 g/mol. The van der Waals surface area contributed by atoms with E-state index in [1.54, 1.807) is 0 Å². The van der Waals surface area contributed by atoms with Gasteiger partial charge in [-0.3, -0.25) is 0 Å². The van der Waals surface area contributed by atoms with Gasteiger partial charge >= 0.3 is 0 Å². The first-order chi connectivity index (χ1) is 8.82. The highest BCUT2D eigenvalue weighted by Crippen LogP contribution is 2.29. The predicted molar refractivity (Wildman–Crippen MR) is 53.9 cm³/mol. The van der Waals surface area contributed by atoms with Crippen molar-refractivity contribution in [2.45, 2.75) is 0 Å². The Morgan fingerprint density at radius 1 is 0.579 bits per heavy atom. The summed E-state index contributed by atoms with van der Waals surface area (Å²) in [6.07, 6.45) is 0. The molecule has 4 N–H and O–H groups in total. The Hall–Kier alpha value is -2.52. The van der Waals surface area contributed by atoms with Crippen LogP contribution >= 0.6 is 0 Å². The van der Waals surface area contributed by atoms with E-state index in [2.05, 4.69) is 15.0 Å². The minimum absolute atomic E-state index is 0.522. The summed E-state index contributed by atoms with van der Waals surface area (Å²) in [5.41, 5.74) is 8.99. The van der Waals surface area contributed by atoms with Gasteiger partial charge in [0.25, 0.3) is 0 Å². The van der Waals surface area contributed by atoms with Crippen LogP contribution in [0.15, 0.2) is 0 Å². The number of anilines is 2. The van der Waals surface area contributed by atoms with Crippen LogP contribution in [0.25, 0.3) is 11.4 Å². The Morgan fingerprint density at radius 3 is 1.37 bits per heavy atom. The molecule has 2 rings (SSSR count). The van der Waals surface area contributed by atoms with Crippen LogP contribution in [-0.2, 0) is 0 Å². The van der Waals surface area contributed by atoms with E-state index in [-0.39, 0.29) is 0 Å². The first-order valence-electron chi connectivity index (χ1n) is 4.61. The topological polar surface area (TPSA) is 90.7 Å². The number of rotatable bonds is 1. The number of nitrogens with two attached hydrogens (primary N) is 2. The van der Waals surface area contributed by atoms with Gasteiger partial charge in [-0.2, -0.15) is 15.0 Å². The standard InChI is InChI=1S/C9H4F5N5/c10-2-1(3(11)5(13)6(14)4(2)12)7-17-8(15)19-9(16)18-7/h(H4,15,16,17,18,19). The molecule has 19 heavy (non-hydrogen) atoms. The van der Waals surface area contributed by atoms with E-state index in [4.69, 9.17) is 11.5 Å². The summed E-state index contributed by atoms with van der Waals surface area (Å²) in [6, 6.07) is 0. The molecule has 0 unspecified atom stereocenters. The van der Waals surface area contributed by atoms with Gasteiger partial charge in [-0.15, -0.1) is 0 Å². The number of hydrogen-bond acceptors (Lipinski definition) is 5. The summed E-state index contributed by atoms with van der Waals surface area (Å²) >= 11 is 0. The van der Waals surface area contributed by atoms with Crippen LogP contribution in [0, 0.1) is 29.1 Å². The second kappa shape index (κ2) is 4.30. The second-order valence-corrected chi connectivity index (χ2v) is 3.32. The SMILES string of the molecule is Nc1nc(N)nc(-c2c(F)c(F)c(F)c(F)c2F)n1. The van der Waals surface area contributed by atoms with Crippen molar-refractivity contribution in [2.75, 3.05) is 11.5 Å². The molecule has 1 aromatic heterocycles. The molecule has 0 radical (unpaired) electrons. The van der Waals surface area contributed by atoms with E-state index in [1.807, 2.05) is 0 Å². The smallest absolute Gasteiger partial charge is 0.225 e. The fourth-order valence-corrected chi connectivity index (χ4v) is 1.32. The van der Waals surface area contributed by atoms with E-state index in [0.29, 0.717) is 0 Å². The first kappa shape index (κ1) is 12.9. The molecule has 0 saturated heterocycles. The van der Waals surface area contributed by atoms with Crippen LogP contribution in [0.3, 0.4) is 0 Å². The number of nitrogen functional groups attached to an aromatic ring is 2. The summed E-state index contributed by atoms with van der Waals surface area (Å²) in [6.45, 7) is 0. The number of aromatic nitrogens is 3. The molecule has 0 spiro atoms. The van der Waals surface area contributed by atoms with Crippen molar-refractivity contribution in [3.63, 3.8) is 0 Å². The first-order valence-corrected chi connectivity index (χ1v) is 4.61. The van der Waals surface area contributed by atoms with E-state index in [1.165, 1.54) is 0 Å². The normalized spacial score (nSPS) is 10.8. The van der Waals surface area contributed by atoms with Crippen molar-refractivity contribution < 1.29 is 22.0 Å². The summed E-state index contributed by atoms with van der Waals surface area (Å²) < 4.78 is 65.7. The number of hydrogen-bond donors (Lipinski definition) is 2. The average Bonchev–Trinajstić information content (AvgIpc) is 2.33. The third-order valence-corrected chi connectivity index (χ3v) is 2.10. The van der Waals surface area contributed by atoms with Gasteiger partial charge in [0, 0.05) is 0 Å². The van der Waals surface area contributed by atoms with Crippen molar-refractivity contribution in [2.24, 2.45) is 0 Å². The van der Waals surface area contributed by atoms with E-state index in [9.17, 15) is 22.0 Å². The number of nitrogens with zero attached hydrogens (tertiary/aromatic N) is 3. The molecule has 100 valence electrons. The molecule has 0 fully saturated rings. The van der Waals surface area contributed by atoms with Crippen LogP contribution in [0.1, 0.15) is 0 Å². The molecule has 1 heterocycles. The largest absolute Gasteiger partial charge is 0.368 e. The number of halogens is 5. The molecule has 0 amide bonds. The van der Waals surface area contributed by atoms with Gasteiger partial charge < -0.3 is 11.5 Å². The third-order valence-electron chi connectivity index (χ3n) is 2.10. The van der Waals surface area contributed by atoms with Crippen LogP contribution in [-0.4, -0.2) is 15.0 Å². The van der Waals surface area contributed by atoms with Gasteiger partial charge in [0.1, 0.15) is 0 Å². The molecule has 0 aliphatic rings. The van der Waals surface area contributed by atoms with Gasteiger partial charge in [0.15, 0.2) is 29.1 Å². The molecule has 10 heteroatoms. The highest BCUT2D eigenvalue weighted by Gasteiger charge is 2.28. The zero-order valence-corrected chi connectivity index (χ0v) is 8.89. The fourth-order valence-electron chi connectivity index (χ4n) is 1.32. The maximum Gasteiger partial charge on any atom is 0.225 e. The number of benzene rings is 1. The van der Waals surface area contributed by atoms with E-state index < -0.39 is 52.4 Å². The van der Waals surface area contributed by atoms with Gasteiger partial charge in [0.2, 0.25) is 17.7 Å². The Bertz CT molecular complexity index is 625. The Morgan fingerprint density at radius 2 is 0.947 bits per heavy atom. The second-order valence-electron chi connectivity index (χ2n) is 3.32. The molecule has 2 aromatic rings. The highest BCUT2D eigenvalue weighted by molar-refractivity contribution is 5.59. The Kier molecular flexibility index (Phi) is 2.92. The van der Waals surface area contributed by atoms with Crippen molar-refractivity contribution in [1.29, 1.82) is 0 Å². The third kappa shape index (κ3) is 2.00. The fraction of sp³-hybridized carbons (Fsp3) is 0. The Labute approximate surface area is 102 Å². The summed E-state index contributed by atoms with van der Waals surface area (Å²) in [5, 5.41) is 0. The molecule has 5 nitrogen and oxygen atoms in total. The van der Waals surface area contributed by atoms with E-state index in [0.717, 1.165) is 0 Å². The van der Waals surface area contributed by atoms with Crippen LogP contribution in [0.5, 0.6) is 0 Å². The molecule has 0 aliphatic heterocycles. The van der Waals surface area contributed by atoms with Crippen molar-refractivity contribution in [3.8, 4) is 11.4 Å². The Balaban J connectivity index is 2.82. The predicted octanol–water partition coefficient (Wildman–Crippen LogP) is 1.40. The van der Waals surface area contributed by atoms with Crippen molar-refractivity contribution in [3.05, 3.63) is 29.1 Å². The zero-order chi connectivity index (χ0) is 14.3. The maximum atomic E-state index is 13.4. The van der Waals surface area contributed by atoms with Gasteiger partial charge in [-0.1, -0.05) is 0 Å². The zero-order valence-electron chi connectivity index (χ0n) is 8.89. The lowest BCUT2D eigenvalue weighted by Crippen LogP contribution is -2.09. The molecule has 0 bridgehead atoms. The monoisotopic (exact) mass is 277 g/mol. The molecule has 0 aliphatic carbocycles. The molecule has 1 aromatic carbocycles. The molecule has 0 atom stereocenters. The summed E-state index contributed by atoms with van der Waals surface area (Å²) in [5.74, 6) is -12.6.